The Bertz CT molecular complexity index is 51.7. The second-order valence-electron chi connectivity index (χ2n) is 1.57. The molecule has 0 aromatic carbocycles. The first-order valence-electron chi connectivity index (χ1n) is 2.42. The summed E-state index contributed by atoms with van der Waals surface area (Å²) in [4.78, 5) is 0. The van der Waals surface area contributed by atoms with Crippen LogP contribution in [-0.4, -0.2) is 19.5 Å². The van der Waals surface area contributed by atoms with Gasteiger partial charge in [-0.05, 0) is 0 Å². The Kier molecular flexibility index (Phi) is 2.56. The fraction of sp³-hybridized carbons (Fsp3) is 1.00. The van der Waals surface area contributed by atoms with E-state index in [-0.39, 0.29) is 0 Å². The van der Waals surface area contributed by atoms with E-state index in [1.165, 1.54) is 3.93 Å². The van der Waals surface area contributed by atoms with E-state index in [2.05, 4.69) is 0 Å². The van der Waals surface area contributed by atoms with Gasteiger partial charge in [0.25, 0.3) is 0 Å². The molecule has 0 aromatic rings. The molecule has 0 N–H and O–H groups in total. The van der Waals surface area contributed by atoms with E-state index in [4.69, 9.17) is 9.47 Å². The van der Waals surface area contributed by atoms with Gasteiger partial charge in [0, 0.05) is 0 Å². The van der Waals surface area contributed by atoms with E-state index in [9.17, 15) is 0 Å². The van der Waals surface area contributed by atoms with E-state index >= 15 is 0 Å². The summed E-state index contributed by atoms with van der Waals surface area (Å²) in [6.07, 6.45) is 0.461. The van der Waals surface area contributed by atoms with Crippen LogP contribution < -0.4 is 0 Å². The molecule has 2 nitrogen and oxygen atoms in total. The summed E-state index contributed by atoms with van der Waals surface area (Å²) in [5.74, 6) is 0. The average Bonchev–Trinajstić information content (AvgIpc) is 2.14. The van der Waals surface area contributed by atoms with Crippen LogP contribution in [0.5, 0.6) is 0 Å². The molecule has 1 unspecified atom stereocenters. The van der Waals surface area contributed by atoms with Gasteiger partial charge in [0.1, 0.15) is 0 Å². The van der Waals surface area contributed by atoms with Crippen molar-refractivity contribution in [2.45, 2.75) is 10.0 Å². The van der Waals surface area contributed by atoms with Crippen molar-refractivity contribution in [2.75, 3.05) is 13.4 Å². The van der Waals surface area contributed by atoms with Crippen molar-refractivity contribution in [1.29, 1.82) is 0 Å². The van der Waals surface area contributed by atoms with Crippen LogP contribution in [0.4, 0.5) is 0 Å². The van der Waals surface area contributed by atoms with Crippen LogP contribution >= 0.6 is 0 Å². The topological polar surface area (TPSA) is 18.5 Å². The van der Waals surface area contributed by atoms with Gasteiger partial charge in [-0.1, -0.05) is 0 Å². The summed E-state index contributed by atoms with van der Waals surface area (Å²) < 4.78 is 11.3. The molecule has 1 fully saturated rings. The Hall–Kier alpha value is 0.855. The second-order valence-corrected chi connectivity index (χ2v) is 3.81. The van der Waals surface area contributed by atoms with Crippen molar-refractivity contribution < 1.29 is 35.6 Å². The number of rotatable bonds is 1. The minimum atomic E-state index is 0.461. The van der Waals surface area contributed by atoms with Crippen molar-refractivity contribution in [1.82, 2.24) is 0 Å². The third-order valence-corrected chi connectivity index (χ3v) is 3.52. The maximum absolute atomic E-state index is 5.13. The van der Waals surface area contributed by atoms with Crippen LogP contribution in [0, 0.1) is 0 Å². The van der Waals surface area contributed by atoms with Gasteiger partial charge in [-0.3, -0.25) is 0 Å². The fourth-order valence-corrected chi connectivity index (χ4v) is 1.83. The number of hydrogen-bond donors (Lipinski definition) is 0. The summed E-state index contributed by atoms with van der Waals surface area (Å²) in [5.41, 5.74) is 0. The van der Waals surface area contributed by atoms with Gasteiger partial charge in [-0.25, -0.2) is 0 Å². The molecule has 1 aliphatic rings. The predicted octanol–water partition coefficient (Wildman–Crippen LogP) is 0.324. The third kappa shape index (κ3) is 1.66. The first kappa shape index (κ1) is 5.98. The van der Waals surface area contributed by atoms with Gasteiger partial charge in [0.2, 0.25) is 0 Å². The molecule has 1 saturated heterocycles. The Morgan fingerprint density at radius 3 is 2.86 bits per heavy atom. The summed E-state index contributed by atoms with van der Waals surface area (Å²) in [7, 11) is 0. The van der Waals surface area contributed by atoms with Crippen molar-refractivity contribution >= 4 is 0 Å². The van der Waals surface area contributed by atoms with E-state index in [0.29, 0.717) is 12.9 Å². The first-order valence-corrected chi connectivity index (χ1v) is 6.31. The fourth-order valence-electron chi connectivity index (χ4n) is 0.539. The van der Waals surface area contributed by atoms with Crippen molar-refractivity contribution in [2.24, 2.45) is 0 Å². The molecule has 0 spiro atoms. The summed E-state index contributed by atoms with van der Waals surface area (Å²) in [5, 5.41) is 0. The number of hydrogen-bond acceptors (Lipinski definition) is 2. The van der Waals surface area contributed by atoms with Crippen LogP contribution in [0.3, 0.4) is 0 Å². The van der Waals surface area contributed by atoms with Crippen LogP contribution in [-0.2, 0) is 35.6 Å². The SMILES string of the molecule is [Hg][CH2]C1COCO1. The molecule has 0 aromatic heterocycles. The predicted molar refractivity (Wildman–Crippen MR) is 20.5 cm³/mol. The van der Waals surface area contributed by atoms with Crippen molar-refractivity contribution in [3.05, 3.63) is 0 Å². The molecule has 1 heterocycles. The minimum absolute atomic E-state index is 0.461. The van der Waals surface area contributed by atoms with Gasteiger partial charge in [-0.2, -0.15) is 0 Å². The second kappa shape index (κ2) is 3.00. The Labute approximate surface area is 59.1 Å². The van der Waals surface area contributed by atoms with Gasteiger partial charge in [-0.15, -0.1) is 0 Å². The van der Waals surface area contributed by atoms with Gasteiger partial charge in [0.15, 0.2) is 0 Å². The molecule has 0 aliphatic carbocycles. The van der Waals surface area contributed by atoms with E-state index < -0.39 is 0 Å². The normalized spacial score (nSPS) is 31.4. The molecular weight excluding hydrogens is 281 g/mol. The molecular formula is C4H7HgO2. The molecule has 0 saturated carbocycles. The quantitative estimate of drug-likeness (QED) is 0.647. The van der Waals surface area contributed by atoms with Crippen LogP contribution in [0.2, 0.25) is 3.93 Å². The zero-order valence-electron chi connectivity index (χ0n) is 4.22. The molecule has 3 heteroatoms. The molecule has 0 bridgehead atoms. The third-order valence-electron chi connectivity index (χ3n) is 1.01. The van der Waals surface area contributed by atoms with Gasteiger partial charge < -0.3 is 0 Å². The average molecular weight is 288 g/mol. The zero-order valence-corrected chi connectivity index (χ0v) is 9.72. The Balaban J connectivity index is 2.14. The van der Waals surface area contributed by atoms with Crippen molar-refractivity contribution in [3.8, 4) is 0 Å². The Morgan fingerprint density at radius 1 is 1.71 bits per heavy atom. The summed E-state index contributed by atoms with van der Waals surface area (Å²) in [6, 6.07) is 0. The Morgan fingerprint density at radius 2 is 2.57 bits per heavy atom. The monoisotopic (exact) mass is 289 g/mol. The van der Waals surface area contributed by atoms with Gasteiger partial charge in [0.05, 0.1) is 0 Å². The van der Waals surface area contributed by atoms with Crippen LogP contribution in [0.1, 0.15) is 0 Å². The van der Waals surface area contributed by atoms with E-state index in [0.717, 1.165) is 32.7 Å². The molecule has 0 amide bonds. The maximum atomic E-state index is 5.13. The molecule has 0 radical (unpaired) electrons. The number of ether oxygens (including phenoxy) is 2. The summed E-state index contributed by atoms with van der Waals surface area (Å²) in [6.45, 7) is 1.37. The van der Waals surface area contributed by atoms with E-state index in [1.807, 2.05) is 0 Å². The van der Waals surface area contributed by atoms with Gasteiger partial charge >= 0.3 is 59.0 Å². The molecule has 1 aliphatic heterocycles. The first-order chi connectivity index (χ1) is 3.43. The molecule has 37 valence electrons. The van der Waals surface area contributed by atoms with Crippen LogP contribution in [0.25, 0.3) is 0 Å². The zero-order chi connectivity index (χ0) is 5.11. The van der Waals surface area contributed by atoms with Crippen LogP contribution in [0.15, 0.2) is 0 Å². The molecule has 1 rings (SSSR count). The summed E-state index contributed by atoms with van der Waals surface area (Å²) >= 11 is 0.878. The molecule has 7 heavy (non-hydrogen) atoms. The molecule has 1 atom stereocenters. The standard InChI is InChI=1S/C4H7O2.Hg/c1-4-2-5-3-6-4;/h4H,1-3H2;. The van der Waals surface area contributed by atoms with Crippen molar-refractivity contribution in [3.63, 3.8) is 0 Å². The van der Waals surface area contributed by atoms with E-state index in [1.54, 1.807) is 0 Å².